The summed E-state index contributed by atoms with van der Waals surface area (Å²) in [5, 5.41) is 3.40. The van der Waals surface area contributed by atoms with Gasteiger partial charge in [0, 0.05) is 4.90 Å². The van der Waals surface area contributed by atoms with Crippen LogP contribution >= 0.6 is 23.1 Å². The van der Waals surface area contributed by atoms with Gasteiger partial charge in [0.25, 0.3) is 5.91 Å². The fraction of sp³-hybridized carbons (Fsp3) is 0.263. The third-order valence-electron chi connectivity index (χ3n) is 3.76. The predicted molar refractivity (Wildman–Crippen MR) is 106 cm³/mol. The number of hydrogen-bond donors (Lipinski definition) is 1. The molecule has 0 fully saturated rings. The molecule has 0 bridgehead atoms. The van der Waals surface area contributed by atoms with Crippen LogP contribution in [0.25, 0.3) is 10.2 Å². The van der Waals surface area contributed by atoms with E-state index in [2.05, 4.69) is 30.2 Å². The van der Waals surface area contributed by atoms with Crippen molar-refractivity contribution < 1.29 is 9.53 Å². The van der Waals surface area contributed by atoms with Crippen LogP contribution in [0.15, 0.2) is 47.4 Å². The Kier molecular flexibility index (Phi) is 5.60. The van der Waals surface area contributed by atoms with Crippen LogP contribution in [0.1, 0.15) is 25.3 Å². The Bertz CT molecular complexity index is 873. The second-order valence-electron chi connectivity index (χ2n) is 5.91. The summed E-state index contributed by atoms with van der Waals surface area (Å²) in [6.45, 7) is 4.25. The summed E-state index contributed by atoms with van der Waals surface area (Å²) in [6, 6.07) is 13.9. The molecule has 0 saturated heterocycles. The Balaban J connectivity index is 1.58. The van der Waals surface area contributed by atoms with Gasteiger partial charge in [0.2, 0.25) is 0 Å². The van der Waals surface area contributed by atoms with Crippen LogP contribution in [0.4, 0.5) is 5.13 Å². The lowest BCUT2D eigenvalue weighted by Gasteiger charge is -2.08. The number of nitrogens with one attached hydrogen (secondary N) is 1. The van der Waals surface area contributed by atoms with E-state index in [0.717, 1.165) is 10.2 Å². The average Bonchev–Trinajstić information content (AvgIpc) is 3.01. The van der Waals surface area contributed by atoms with Crippen LogP contribution in [0.2, 0.25) is 0 Å². The van der Waals surface area contributed by atoms with E-state index < -0.39 is 0 Å². The average molecular weight is 373 g/mol. The number of hydrogen-bond acceptors (Lipinski definition) is 5. The fourth-order valence-corrected chi connectivity index (χ4v) is 3.77. The van der Waals surface area contributed by atoms with Gasteiger partial charge in [-0.2, -0.15) is 0 Å². The van der Waals surface area contributed by atoms with Gasteiger partial charge in [-0.05, 0) is 48.1 Å². The summed E-state index contributed by atoms with van der Waals surface area (Å²) >= 11 is 3.16. The largest absolute Gasteiger partial charge is 0.484 e. The van der Waals surface area contributed by atoms with Gasteiger partial charge in [-0.15, -0.1) is 11.8 Å². The first kappa shape index (κ1) is 17.8. The number of thiazole rings is 1. The Morgan fingerprint density at radius 2 is 2.00 bits per heavy atom. The zero-order valence-electron chi connectivity index (χ0n) is 14.4. The highest BCUT2D eigenvalue weighted by Gasteiger charge is 2.09. The van der Waals surface area contributed by atoms with Crippen LogP contribution < -0.4 is 10.1 Å². The maximum Gasteiger partial charge on any atom is 0.264 e. The molecule has 0 aliphatic carbocycles. The highest BCUT2D eigenvalue weighted by molar-refractivity contribution is 7.98. The van der Waals surface area contributed by atoms with Crippen molar-refractivity contribution >= 4 is 44.4 Å². The number of nitrogens with zero attached hydrogens (tertiary/aromatic N) is 1. The number of ether oxygens (including phenoxy) is 1. The summed E-state index contributed by atoms with van der Waals surface area (Å²) in [5.41, 5.74) is 2.14. The Labute approximate surface area is 155 Å². The van der Waals surface area contributed by atoms with Crippen molar-refractivity contribution in [3.63, 3.8) is 0 Å². The molecule has 0 aliphatic heterocycles. The lowest BCUT2D eigenvalue weighted by atomic mass is 10.0. The topological polar surface area (TPSA) is 51.2 Å². The number of anilines is 1. The van der Waals surface area contributed by atoms with Crippen LogP contribution in [-0.2, 0) is 4.79 Å². The standard InChI is InChI=1S/C19H20N2O2S2/c1-12(2)13-4-6-14(7-5-13)23-11-18(22)21-19-20-16-9-8-15(24-3)10-17(16)25-19/h4-10,12H,11H2,1-3H3,(H,20,21,22). The molecule has 3 rings (SSSR count). The van der Waals surface area contributed by atoms with Crippen molar-refractivity contribution in [2.75, 3.05) is 18.2 Å². The SMILES string of the molecule is CSc1ccc2nc(NC(=O)COc3ccc(C(C)C)cc3)sc2c1. The van der Waals surface area contributed by atoms with E-state index in [1.165, 1.54) is 21.8 Å². The third kappa shape index (κ3) is 4.52. The van der Waals surface area contributed by atoms with Crippen molar-refractivity contribution in [3.8, 4) is 5.75 Å². The summed E-state index contributed by atoms with van der Waals surface area (Å²) < 4.78 is 6.61. The smallest absolute Gasteiger partial charge is 0.264 e. The predicted octanol–water partition coefficient (Wildman–Crippen LogP) is 5.16. The zero-order valence-corrected chi connectivity index (χ0v) is 16.0. The number of rotatable bonds is 6. The molecular weight excluding hydrogens is 352 g/mol. The first-order valence-electron chi connectivity index (χ1n) is 8.02. The zero-order chi connectivity index (χ0) is 17.8. The monoisotopic (exact) mass is 372 g/mol. The second kappa shape index (κ2) is 7.89. The maximum absolute atomic E-state index is 12.1. The summed E-state index contributed by atoms with van der Waals surface area (Å²) in [7, 11) is 0. The van der Waals surface area contributed by atoms with E-state index in [9.17, 15) is 4.79 Å². The molecule has 2 aromatic carbocycles. The van der Waals surface area contributed by atoms with Gasteiger partial charge in [0.1, 0.15) is 5.75 Å². The molecule has 1 aromatic heterocycles. The quantitative estimate of drug-likeness (QED) is 0.607. The van der Waals surface area contributed by atoms with Gasteiger partial charge >= 0.3 is 0 Å². The minimum absolute atomic E-state index is 0.0347. The molecule has 1 heterocycles. The molecule has 0 radical (unpaired) electrons. The molecule has 0 saturated carbocycles. The van der Waals surface area contributed by atoms with Gasteiger partial charge in [-0.1, -0.05) is 37.3 Å². The molecule has 130 valence electrons. The lowest BCUT2D eigenvalue weighted by Crippen LogP contribution is -2.20. The van der Waals surface area contributed by atoms with Crippen molar-refractivity contribution in [1.82, 2.24) is 4.98 Å². The fourth-order valence-electron chi connectivity index (χ4n) is 2.34. The molecule has 0 spiro atoms. The molecule has 1 N–H and O–H groups in total. The number of amides is 1. The van der Waals surface area contributed by atoms with Gasteiger partial charge < -0.3 is 4.74 Å². The van der Waals surface area contributed by atoms with E-state index in [1.807, 2.05) is 42.7 Å². The third-order valence-corrected chi connectivity index (χ3v) is 5.42. The molecule has 3 aromatic rings. The molecule has 0 unspecified atom stereocenters. The van der Waals surface area contributed by atoms with E-state index >= 15 is 0 Å². The summed E-state index contributed by atoms with van der Waals surface area (Å²) in [5.74, 6) is 0.952. The van der Waals surface area contributed by atoms with Gasteiger partial charge in [0.15, 0.2) is 11.7 Å². The highest BCUT2D eigenvalue weighted by Crippen LogP contribution is 2.29. The number of thioether (sulfide) groups is 1. The van der Waals surface area contributed by atoms with Crippen molar-refractivity contribution in [3.05, 3.63) is 48.0 Å². The Hall–Kier alpha value is -2.05. The minimum Gasteiger partial charge on any atom is -0.484 e. The van der Waals surface area contributed by atoms with E-state index in [-0.39, 0.29) is 12.5 Å². The normalized spacial score (nSPS) is 11.0. The number of aromatic nitrogens is 1. The number of carbonyl (C=O) groups is 1. The number of carbonyl (C=O) groups excluding carboxylic acids is 1. The Morgan fingerprint density at radius 1 is 1.24 bits per heavy atom. The van der Waals surface area contributed by atoms with E-state index in [1.54, 1.807) is 11.8 Å². The Morgan fingerprint density at radius 3 is 2.68 bits per heavy atom. The molecule has 25 heavy (non-hydrogen) atoms. The minimum atomic E-state index is -0.211. The molecular formula is C19H20N2O2S2. The van der Waals surface area contributed by atoms with Crippen LogP contribution in [0.3, 0.4) is 0 Å². The molecule has 6 heteroatoms. The second-order valence-corrected chi connectivity index (χ2v) is 7.82. The van der Waals surface area contributed by atoms with Crippen molar-refractivity contribution in [1.29, 1.82) is 0 Å². The van der Waals surface area contributed by atoms with Gasteiger partial charge in [-0.3, -0.25) is 10.1 Å². The van der Waals surface area contributed by atoms with Crippen LogP contribution in [-0.4, -0.2) is 23.8 Å². The van der Waals surface area contributed by atoms with Crippen molar-refractivity contribution in [2.45, 2.75) is 24.7 Å². The van der Waals surface area contributed by atoms with Gasteiger partial charge in [0.05, 0.1) is 10.2 Å². The molecule has 4 nitrogen and oxygen atoms in total. The van der Waals surface area contributed by atoms with Gasteiger partial charge in [-0.25, -0.2) is 4.98 Å². The number of benzene rings is 2. The lowest BCUT2D eigenvalue weighted by molar-refractivity contribution is -0.118. The molecule has 1 amide bonds. The molecule has 0 atom stereocenters. The molecule has 0 aliphatic rings. The first-order valence-corrected chi connectivity index (χ1v) is 10.1. The summed E-state index contributed by atoms with van der Waals surface area (Å²) in [6.07, 6.45) is 2.04. The number of fused-ring (bicyclic) bond motifs is 1. The summed E-state index contributed by atoms with van der Waals surface area (Å²) in [4.78, 5) is 17.7. The highest BCUT2D eigenvalue weighted by atomic mass is 32.2. The van der Waals surface area contributed by atoms with Crippen LogP contribution in [0, 0.1) is 0 Å². The van der Waals surface area contributed by atoms with E-state index in [0.29, 0.717) is 16.8 Å². The maximum atomic E-state index is 12.1. The van der Waals surface area contributed by atoms with Crippen molar-refractivity contribution in [2.24, 2.45) is 0 Å². The van der Waals surface area contributed by atoms with E-state index in [4.69, 9.17) is 4.74 Å². The first-order chi connectivity index (χ1) is 12.0. The van der Waals surface area contributed by atoms with Crippen LogP contribution in [0.5, 0.6) is 5.75 Å².